The summed E-state index contributed by atoms with van der Waals surface area (Å²) in [6, 6.07) is 2.62. The Kier molecular flexibility index (Phi) is 3.86. The lowest BCUT2D eigenvalue weighted by Crippen LogP contribution is -2.50. The van der Waals surface area contributed by atoms with E-state index in [1.807, 2.05) is 0 Å². The van der Waals surface area contributed by atoms with Crippen LogP contribution in [0.25, 0.3) is 0 Å². The van der Waals surface area contributed by atoms with Gasteiger partial charge in [0.15, 0.2) is 5.56 Å². The van der Waals surface area contributed by atoms with Crippen LogP contribution in [0.2, 0.25) is 0 Å². The minimum absolute atomic E-state index is 0.375. The number of benzene rings is 1. The third-order valence-electron chi connectivity index (χ3n) is 3.06. The molecule has 1 aromatic rings. The van der Waals surface area contributed by atoms with E-state index in [-0.39, 0.29) is 12.8 Å². The average molecular weight is 326 g/mol. The molecule has 0 saturated carbocycles. The molecule has 1 heterocycles. The number of imide groups is 1. The van der Waals surface area contributed by atoms with Crippen molar-refractivity contribution in [1.29, 1.82) is 0 Å². The van der Waals surface area contributed by atoms with Crippen molar-refractivity contribution in [3.63, 3.8) is 0 Å². The number of carbonyl (C=O) groups is 3. The maximum absolute atomic E-state index is 12.0. The molecule has 1 aliphatic rings. The molecule has 1 aliphatic heterocycles. The zero-order chi connectivity index (χ0) is 17.4. The monoisotopic (exact) mass is 326 g/mol. The van der Waals surface area contributed by atoms with E-state index in [0.717, 1.165) is 18.2 Å². The number of hydrogen-bond acceptors (Lipinski definition) is 9. The number of quaternary nitrogens is 1. The van der Waals surface area contributed by atoms with Gasteiger partial charge in [-0.1, -0.05) is 6.07 Å². The molecule has 120 valence electrons. The molecule has 1 N–H and O–H groups in total. The van der Waals surface area contributed by atoms with E-state index in [1.165, 1.54) is 0 Å². The van der Waals surface area contributed by atoms with Gasteiger partial charge in [0.25, 0.3) is 0 Å². The van der Waals surface area contributed by atoms with Gasteiger partial charge in [0.1, 0.15) is 4.81 Å². The van der Waals surface area contributed by atoms with Crippen molar-refractivity contribution in [3.05, 3.63) is 44.0 Å². The average Bonchev–Trinajstić information content (AvgIpc) is 2.73. The predicted molar refractivity (Wildman–Crippen MR) is 66.5 cm³/mol. The van der Waals surface area contributed by atoms with Crippen LogP contribution in [0.1, 0.15) is 23.2 Å². The summed E-state index contributed by atoms with van der Waals surface area (Å²) in [6.07, 6.45) is -0.751. The Morgan fingerprint density at radius 3 is 2.17 bits per heavy atom. The molecule has 12 heteroatoms. The quantitative estimate of drug-likeness (QED) is 0.274. The van der Waals surface area contributed by atoms with Gasteiger partial charge in [-0.25, -0.2) is 19.2 Å². The second kappa shape index (κ2) is 5.51. The standard InChI is InChI=1S/C11H8N3O9/c15-8-4-5-9(16)14(8,22)23-11(17)6-2-1-3-7(12(18)19)10(6)13(20)21/h1-3,22H,4-5H2/q+1. The van der Waals surface area contributed by atoms with E-state index in [0.29, 0.717) is 0 Å². The fourth-order valence-corrected chi connectivity index (χ4v) is 1.96. The molecule has 12 nitrogen and oxygen atoms in total. The van der Waals surface area contributed by atoms with Crippen LogP contribution in [0, 0.1) is 20.2 Å². The van der Waals surface area contributed by atoms with Crippen LogP contribution < -0.4 is 0 Å². The fourth-order valence-electron chi connectivity index (χ4n) is 1.96. The number of para-hydroxylation sites is 1. The van der Waals surface area contributed by atoms with Crippen LogP contribution in [0.3, 0.4) is 0 Å². The molecule has 0 bridgehead atoms. The molecule has 1 saturated heterocycles. The van der Waals surface area contributed by atoms with E-state index >= 15 is 0 Å². The predicted octanol–water partition coefficient (Wildman–Crippen LogP) is 0.628. The van der Waals surface area contributed by atoms with Crippen molar-refractivity contribution in [3.8, 4) is 0 Å². The summed E-state index contributed by atoms with van der Waals surface area (Å²) in [4.78, 5) is 56.5. The van der Waals surface area contributed by atoms with E-state index in [2.05, 4.69) is 4.84 Å². The number of nitro groups is 2. The summed E-state index contributed by atoms with van der Waals surface area (Å²) >= 11 is 0. The number of carbonyl (C=O) groups excluding carboxylic acids is 3. The lowest BCUT2D eigenvalue weighted by Gasteiger charge is -2.15. The van der Waals surface area contributed by atoms with Crippen LogP contribution in [-0.2, 0) is 14.4 Å². The van der Waals surface area contributed by atoms with E-state index in [1.54, 1.807) is 0 Å². The van der Waals surface area contributed by atoms with Gasteiger partial charge in [0.2, 0.25) is 0 Å². The van der Waals surface area contributed by atoms with E-state index in [9.17, 15) is 39.8 Å². The first-order valence-corrected chi connectivity index (χ1v) is 6.02. The summed E-state index contributed by atoms with van der Waals surface area (Å²) in [5, 5.41) is 31.5. The lowest BCUT2D eigenvalue weighted by molar-refractivity contribution is -1.12. The molecule has 2 amide bonds. The van der Waals surface area contributed by atoms with Crippen molar-refractivity contribution in [1.82, 2.24) is 0 Å². The number of rotatable bonds is 4. The second-order valence-corrected chi connectivity index (χ2v) is 4.43. The maximum atomic E-state index is 12.0. The summed E-state index contributed by atoms with van der Waals surface area (Å²) in [5.74, 6) is -3.88. The molecule has 0 aromatic heterocycles. The molecular formula is C11H8N3O9+. The van der Waals surface area contributed by atoms with E-state index in [4.69, 9.17) is 0 Å². The normalized spacial score (nSPS) is 16.2. The minimum Gasteiger partial charge on any atom is -0.258 e. The van der Waals surface area contributed by atoms with Gasteiger partial charge < -0.3 is 0 Å². The Bertz CT molecular complexity index is 741. The maximum Gasteiger partial charge on any atom is 0.410 e. The van der Waals surface area contributed by atoms with Gasteiger partial charge in [-0.3, -0.25) is 20.2 Å². The second-order valence-electron chi connectivity index (χ2n) is 4.43. The SMILES string of the molecule is O=C(O[N+]1(O)C(=O)CCC1=O)c1cccc([N+](=O)[O-])c1[N+](=O)[O-]. The molecule has 1 fully saturated rings. The Morgan fingerprint density at radius 1 is 1.13 bits per heavy atom. The molecule has 23 heavy (non-hydrogen) atoms. The third-order valence-corrected chi connectivity index (χ3v) is 3.06. The molecule has 0 spiro atoms. The topological polar surface area (TPSA) is 167 Å². The van der Waals surface area contributed by atoms with Gasteiger partial charge in [0, 0.05) is 6.07 Å². The molecular weight excluding hydrogens is 318 g/mol. The highest BCUT2D eigenvalue weighted by molar-refractivity contribution is 5.97. The summed E-state index contributed by atoms with van der Waals surface area (Å²) in [5.41, 5.74) is -3.02. The smallest absolute Gasteiger partial charge is 0.258 e. The van der Waals surface area contributed by atoms with Crippen molar-refractivity contribution in [2.24, 2.45) is 0 Å². The molecule has 1 aromatic carbocycles. The summed E-state index contributed by atoms with van der Waals surface area (Å²) in [7, 11) is 0. The number of hydroxylamine groups is 4. The van der Waals surface area contributed by atoms with Crippen molar-refractivity contribution < 1.29 is 39.1 Å². The van der Waals surface area contributed by atoms with Gasteiger partial charge in [-0.05, 0) is 6.07 Å². The third kappa shape index (κ3) is 2.63. The first kappa shape index (κ1) is 16.1. The van der Waals surface area contributed by atoms with Crippen LogP contribution in [0.15, 0.2) is 18.2 Å². The zero-order valence-electron chi connectivity index (χ0n) is 11.2. The van der Waals surface area contributed by atoms with Crippen LogP contribution in [0.5, 0.6) is 0 Å². The lowest BCUT2D eigenvalue weighted by atomic mass is 10.1. The number of hydrogen-bond donors (Lipinski definition) is 1. The van der Waals surface area contributed by atoms with Gasteiger partial charge in [0.05, 0.1) is 22.7 Å². The summed E-state index contributed by atoms with van der Waals surface area (Å²) < 4.78 is 0. The first-order valence-electron chi connectivity index (χ1n) is 6.02. The Labute approximate surface area is 126 Å². The van der Waals surface area contributed by atoms with Crippen molar-refractivity contribution >= 4 is 29.2 Å². The Morgan fingerprint density at radius 2 is 1.70 bits per heavy atom. The molecule has 2 rings (SSSR count). The highest BCUT2D eigenvalue weighted by atomic mass is 17.0. The van der Waals surface area contributed by atoms with Crippen molar-refractivity contribution in [2.45, 2.75) is 12.8 Å². The molecule has 0 radical (unpaired) electrons. The van der Waals surface area contributed by atoms with Gasteiger partial charge in [-0.2, -0.15) is 5.21 Å². The van der Waals surface area contributed by atoms with Crippen LogP contribution >= 0.6 is 0 Å². The van der Waals surface area contributed by atoms with E-state index < -0.39 is 49.4 Å². The zero-order valence-corrected chi connectivity index (χ0v) is 11.2. The molecule has 0 unspecified atom stereocenters. The van der Waals surface area contributed by atoms with Crippen LogP contribution in [0.4, 0.5) is 11.4 Å². The number of amides is 2. The highest BCUT2D eigenvalue weighted by Gasteiger charge is 2.56. The Balaban J connectivity index is 2.46. The Hall–Kier alpha value is -3.25. The highest BCUT2D eigenvalue weighted by Crippen LogP contribution is 2.32. The first-order chi connectivity index (χ1) is 10.7. The largest absolute Gasteiger partial charge is 0.410 e. The minimum atomic E-state index is -2.28. The number of nitro benzene ring substituents is 2. The number of nitrogens with zero attached hydrogens (tertiary/aromatic N) is 3. The molecule has 0 aliphatic carbocycles. The fraction of sp³-hybridized carbons (Fsp3) is 0.182. The van der Waals surface area contributed by atoms with Gasteiger partial charge >= 0.3 is 29.2 Å². The molecule has 0 atom stereocenters. The van der Waals surface area contributed by atoms with Crippen molar-refractivity contribution in [2.75, 3.05) is 0 Å². The summed E-state index contributed by atoms with van der Waals surface area (Å²) in [6.45, 7) is 0. The van der Waals surface area contributed by atoms with Crippen LogP contribution in [-0.4, -0.2) is 37.6 Å². The van der Waals surface area contributed by atoms with Gasteiger partial charge in [-0.15, -0.1) is 0 Å².